The van der Waals surface area contributed by atoms with Crippen molar-refractivity contribution in [3.8, 4) is 0 Å². The number of amides is 1. The van der Waals surface area contributed by atoms with E-state index >= 15 is 0 Å². The van der Waals surface area contributed by atoms with Gasteiger partial charge in [-0.05, 0) is 19.3 Å². The van der Waals surface area contributed by atoms with Crippen LogP contribution in [0, 0.1) is 0 Å². The molecule has 0 aromatic carbocycles. The fourth-order valence-electron chi connectivity index (χ4n) is 7.71. The third kappa shape index (κ3) is 27.7. The first kappa shape index (κ1) is 56.1. The molecule has 0 spiro atoms. The van der Waals surface area contributed by atoms with Crippen molar-refractivity contribution in [2.75, 3.05) is 6.61 Å². The lowest BCUT2D eigenvalue weighted by Crippen LogP contribution is -2.64. The summed E-state index contributed by atoms with van der Waals surface area (Å²) >= 11 is 0. The van der Waals surface area contributed by atoms with Crippen LogP contribution in [0.15, 0.2) is 12.2 Å². The van der Waals surface area contributed by atoms with Gasteiger partial charge >= 0.3 is 7.82 Å². The Hall–Kier alpha value is -0.960. The molecule has 0 aromatic rings. The molecule has 59 heavy (non-hydrogen) atoms. The fourth-order valence-corrected chi connectivity index (χ4v) is 8.68. The number of phosphoric acid groups is 1. The maximum Gasteiger partial charge on any atom is 0.472 e. The average Bonchev–Trinajstić information content (AvgIpc) is 3.21. The highest BCUT2D eigenvalue weighted by molar-refractivity contribution is 7.47. The number of unbranched alkanes of at least 4 members (excludes halogenated alkanes) is 26. The number of carbonyl (C=O) groups is 1. The molecule has 13 nitrogen and oxygen atoms in total. The summed E-state index contributed by atoms with van der Waals surface area (Å²) in [5, 5.41) is 74.3. The molecule has 1 saturated carbocycles. The van der Waals surface area contributed by atoms with Crippen LogP contribution in [0.2, 0.25) is 0 Å². The van der Waals surface area contributed by atoms with Gasteiger partial charge < -0.3 is 46.0 Å². The SMILES string of the molecule is CCCCCCCCC/C=C/C(O)C(COP(=O)(O)OC1C(O)C(O)C(O)C(O)C1O)NC(=O)CC(O)CCCCCCCCCCCCCCCCCCCCCC. The summed E-state index contributed by atoms with van der Waals surface area (Å²) in [5.41, 5.74) is 0. The van der Waals surface area contributed by atoms with Gasteiger partial charge in [0.1, 0.15) is 36.6 Å². The Kier molecular flexibility index (Phi) is 33.7. The van der Waals surface area contributed by atoms with E-state index in [4.69, 9.17) is 9.05 Å². The number of nitrogens with one attached hydrogen (secondary N) is 1. The van der Waals surface area contributed by atoms with Crippen molar-refractivity contribution < 1.29 is 59.0 Å². The van der Waals surface area contributed by atoms with Crippen LogP contribution in [0.3, 0.4) is 0 Å². The topological polar surface area (TPSA) is 226 Å². The zero-order valence-corrected chi connectivity index (χ0v) is 37.8. The minimum absolute atomic E-state index is 0.240. The number of allylic oxidation sites excluding steroid dienone is 1. The van der Waals surface area contributed by atoms with Crippen LogP contribution in [0.4, 0.5) is 0 Å². The van der Waals surface area contributed by atoms with Crippen molar-refractivity contribution in [2.45, 2.75) is 261 Å². The van der Waals surface area contributed by atoms with Gasteiger partial charge in [0.15, 0.2) is 0 Å². The molecule has 8 unspecified atom stereocenters. The predicted octanol–water partition coefficient (Wildman–Crippen LogP) is 7.81. The number of rotatable bonds is 39. The van der Waals surface area contributed by atoms with Gasteiger partial charge in [0, 0.05) is 0 Å². The highest BCUT2D eigenvalue weighted by atomic mass is 31.2. The summed E-state index contributed by atoms with van der Waals surface area (Å²) < 4.78 is 22.8. The van der Waals surface area contributed by atoms with E-state index in [0.717, 1.165) is 44.9 Å². The quantitative estimate of drug-likeness (QED) is 0.0164. The molecule has 1 fully saturated rings. The molecule has 0 aromatic heterocycles. The molecule has 0 heterocycles. The van der Waals surface area contributed by atoms with Crippen LogP contribution in [0.5, 0.6) is 0 Å². The molecule has 14 heteroatoms. The lowest BCUT2D eigenvalue weighted by molar-refractivity contribution is -0.220. The zero-order chi connectivity index (χ0) is 43.7. The second-order valence-corrected chi connectivity index (χ2v) is 18.6. The number of phosphoric ester groups is 1. The molecule has 0 radical (unpaired) electrons. The summed E-state index contributed by atoms with van der Waals surface area (Å²) in [6.07, 6.45) is 23.3. The normalized spacial score (nSPS) is 23.6. The van der Waals surface area contributed by atoms with E-state index in [1.807, 2.05) is 0 Å². The van der Waals surface area contributed by atoms with E-state index < -0.39 is 75.2 Å². The van der Waals surface area contributed by atoms with Crippen LogP contribution >= 0.6 is 7.82 Å². The third-order valence-electron chi connectivity index (χ3n) is 11.6. The van der Waals surface area contributed by atoms with Gasteiger partial charge in [-0.25, -0.2) is 4.57 Å². The van der Waals surface area contributed by atoms with Gasteiger partial charge in [-0.2, -0.15) is 0 Å². The average molecular weight is 866 g/mol. The first-order valence-electron chi connectivity index (χ1n) is 23.7. The van der Waals surface area contributed by atoms with Crippen LogP contribution in [0.25, 0.3) is 0 Å². The van der Waals surface area contributed by atoms with E-state index in [2.05, 4.69) is 19.2 Å². The highest BCUT2D eigenvalue weighted by Gasteiger charge is 2.51. The lowest BCUT2D eigenvalue weighted by Gasteiger charge is -2.41. The Morgan fingerprint density at radius 2 is 0.966 bits per heavy atom. The predicted molar refractivity (Wildman–Crippen MR) is 234 cm³/mol. The second-order valence-electron chi connectivity index (χ2n) is 17.2. The van der Waals surface area contributed by atoms with Gasteiger partial charge in [0.2, 0.25) is 5.91 Å². The van der Waals surface area contributed by atoms with E-state index in [1.165, 1.54) is 134 Å². The Balaban J connectivity index is 2.42. The van der Waals surface area contributed by atoms with Gasteiger partial charge in [-0.15, -0.1) is 0 Å². The Labute approximate surface area is 357 Å². The van der Waals surface area contributed by atoms with Gasteiger partial charge in [-0.3, -0.25) is 13.8 Å². The molecule has 0 aliphatic heterocycles. The van der Waals surface area contributed by atoms with Crippen LogP contribution < -0.4 is 5.32 Å². The number of aliphatic hydroxyl groups excluding tert-OH is 7. The van der Waals surface area contributed by atoms with Crippen molar-refractivity contribution in [1.82, 2.24) is 5.32 Å². The standard InChI is InChI=1S/C45H88NO12P/c1-3-5-7-9-11-13-14-15-16-17-18-19-20-21-22-23-25-26-28-30-32-36(47)34-39(49)46-37(38(48)33-31-29-27-24-12-10-8-6-4-2)35-57-59(55,56)58-45-43(53)41(51)40(50)42(52)44(45)54/h31,33,36-38,40-45,47-48,50-54H,3-30,32,34-35H2,1-2H3,(H,46,49)(H,55,56)/b33-31+. The van der Waals surface area contributed by atoms with Crippen LogP contribution in [-0.2, 0) is 18.4 Å². The molecule has 1 aliphatic rings. The largest absolute Gasteiger partial charge is 0.472 e. The molecule has 350 valence electrons. The monoisotopic (exact) mass is 866 g/mol. The zero-order valence-electron chi connectivity index (χ0n) is 36.9. The molecular formula is C45H88NO12P. The summed E-state index contributed by atoms with van der Waals surface area (Å²) in [6.45, 7) is 3.70. The van der Waals surface area contributed by atoms with Crippen LogP contribution in [-0.4, -0.2) is 108 Å². The minimum atomic E-state index is -5.13. The molecule has 0 saturated heterocycles. The minimum Gasteiger partial charge on any atom is -0.393 e. The van der Waals surface area contributed by atoms with Crippen molar-refractivity contribution in [2.24, 2.45) is 0 Å². The summed E-state index contributed by atoms with van der Waals surface area (Å²) in [7, 11) is -5.13. The first-order valence-corrected chi connectivity index (χ1v) is 25.2. The molecule has 8 atom stereocenters. The van der Waals surface area contributed by atoms with Gasteiger partial charge in [0.05, 0.1) is 31.3 Å². The molecule has 0 bridgehead atoms. The maximum atomic E-state index is 13.0. The highest BCUT2D eigenvalue weighted by Crippen LogP contribution is 2.47. The Bertz CT molecular complexity index is 1070. The van der Waals surface area contributed by atoms with Crippen LogP contribution in [0.1, 0.15) is 206 Å². The second kappa shape index (κ2) is 35.5. The first-order chi connectivity index (χ1) is 28.3. The molecule has 9 N–H and O–H groups in total. The Morgan fingerprint density at radius 1 is 0.593 bits per heavy atom. The Morgan fingerprint density at radius 3 is 1.39 bits per heavy atom. The van der Waals surface area contributed by atoms with Crippen molar-refractivity contribution >= 4 is 13.7 Å². The smallest absolute Gasteiger partial charge is 0.393 e. The maximum absolute atomic E-state index is 13.0. The summed E-state index contributed by atoms with van der Waals surface area (Å²) in [4.78, 5) is 23.4. The van der Waals surface area contributed by atoms with Crippen molar-refractivity contribution in [1.29, 1.82) is 0 Å². The van der Waals surface area contributed by atoms with Crippen molar-refractivity contribution in [3.63, 3.8) is 0 Å². The third-order valence-corrected chi connectivity index (χ3v) is 12.6. The number of aliphatic hydroxyl groups is 7. The number of hydrogen-bond acceptors (Lipinski definition) is 11. The van der Waals surface area contributed by atoms with E-state index in [1.54, 1.807) is 6.08 Å². The number of hydrogen-bond donors (Lipinski definition) is 9. The van der Waals surface area contributed by atoms with E-state index in [0.29, 0.717) is 12.8 Å². The van der Waals surface area contributed by atoms with E-state index in [9.17, 15) is 50.0 Å². The molecular weight excluding hydrogens is 777 g/mol. The fraction of sp³-hybridized carbons (Fsp3) is 0.933. The summed E-state index contributed by atoms with van der Waals surface area (Å²) in [6, 6.07) is -1.23. The van der Waals surface area contributed by atoms with Crippen molar-refractivity contribution in [3.05, 3.63) is 12.2 Å². The lowest BCUT2D eigenvalue weighted by atomic mass is 9.85. The molecule has 1 rings (SSSR count). The number of carbonyl (C=O) groups excluding carboxylic acids is 1. The van der Waals surface area contributed by atoms with Gasteiger partial charge in [0.25, 0.3) is 0 Å². The van der Waals surface area contributed by atoms with E-state index in [-0.39, 0.29) is 6.42 Å². The van der Waals surface area contributed by atoms with Gasteiger partial charge in [-0.1, -0.05) is 193 Å². The molecule has 1 amide bonds. The summed E-state index contributed by atoms with van der Waals surface area (Å²) in [5.74, 6) is -0.592. The molecule has 1 aliphatic carbocycles.